The van der Waals surface area contributed by atoms with Crippen molar-refractivity contribution in [1.29, 1.82) is 0 Å². The van der Waals surface area contributed by atoms with Gasteiger partial charge in [-0.3, -0.25) is 0 Å². The van der Waals surface area contributed by atoms with Crippen molar-refractivity contribution in [2.24, 2.45) is 17.3 Å². The van der Waals surface area contributed by atoms with Crippen LogP contribution in [-0.4, -0.2) is 0 Å². The largest absolute Gasteiger partial charge is 0.120 e. The Hall–Kier alpha value is -3.22. The molecule has 47 heavy (non-hydrogen) atoms. The summed E-state index contributed by atoms with van der Waals surface area (Å²) in [5.41, 5.74) is 9.92. The van der Waals surface area contributed by atoms with Gasteiger partial charge >= 0.3 is 0 Å². The molecule has 0 N–H and O–H groups in total. The molecular weight excluding hydrogens is 565 g/mol. The van der Waals surface area contributed by atoms with Gasteiger partial charge in [0.1, 0.15) is 0 Å². The third-order valence-corrected chi connectivity index (χ3v) is 8.20. The van der Waals surface area contributed by atoms with Crippen molar-refractivity contribution in [2.75, 3.05) is 0 Å². The molecular formula is C47H74. The van der Waals surface area contributed by atoms with Gasteiger partial charge in [-0.2, -0.15) is 0 Å². The molecule has 0 aliphatic carbocycles. The van der Waals surface area contributed by atoms with E-state index in [0.29, 0.717) is 17.3 Å². The van der Waals surface area contributed by atoms with E-state index in [4.69, 9.17) is 12.8 Å². The zero-order valence-electron chi connectivity index (χ0n) is 33.3. The molecule has 0 saturated carbocycles. The third kappa shape index (κ3) is 22.9. The minimum absolute atomic E-state index is 0.342. The van der Waals surface area contributed by atoms with Crippen LogP contribution in [0.2, 0.25) is 0 Å². The molecule has 0 aromatic heterocycles. The molecule has 1 aromatic rings. The monoisotopic (exact) mass is 639 g/mol. The van der Waals surface area contributed by atoms with Gasteiger partial charge in [0, 0.05) is 12.0 Å². The first-order valence-electron chi connectivity index (χ1n) is 18.1. The fourth-order valence-corrected chi connectivity index (χ4v) is 5.26. The van der Waals surface area contributed by atoms with Crippen LogP contribution in [-0.2, 0) is 6.42 Å². The molecule has 0 spiro atoms. The highest BCUT2D eigenvalue weighted by Crippen LogP contribution is 2.37. The van der Waals surface area contributed by atoms with E-state index < -0.39 is 0 Å². The average molecular weight is 639 g/mol. The highest BCUT2D eigenvalue weighted by molar-refractivity contribution is 5.73. The lowest BCUT2D eigenvalue weighted by molar-refractivity contribution is 0.188. The normalized spacial score (nSPS) is 11.7. The molecule has 0 saturated heterocycles. The smallest absolute Gasteiger partial charge is 0.0280 e. The number of allylic oxidation sites excluding steroid dienone is 9. The highest BCUT2D eigenvalue weighted by atomic mass is 14.3. The third-order valence-electron chi connectivity index (χ3n) is 8.20. The standard InChI is InChI=1S/C23H32.C18H28.C4H8.C2H6/c1-8-12-18(5)20-14-15-21(19(10-3)16-20)17-22(13-9-2)23(6,7)11-4;1-7-9-10-12-17(11-8-2)18(16(5)6)14-13-15(3)4;1-4(2)3;1-2/h3,8,12,14-16,22H,5,9,11,13,17H2,1-2,4,6-7H3;1,13-14,17H,3,8-12H2,2,4-6H3;1H2,2-3H3;1-2H3/b12-8-;14-13-;;. The number of rotatable bonds is 16. The second-order valence-electron chi connectivity index (χ2n) is 13.5. The first-order chi connectivity index (χ1) is 22.1. The van der Waals surface area contributed by atoms with Gasteiger partial charge in [0.05, 0.1) is 0 Å². The summed E-state index contributed by atoms with van der Waals surface area (Å²) in [5, 5.41) is 0. The van der Waals surface area contributed by atoms with Crippen molar-refractivity contribution in [3.05, 3.63) is 101 Å². The molecule has 0 heteroatoms. The molecule has 1 aromatic carbocycles. The lowest BCUT2D eigenvalue weighted by Gasteiger charge is -2.34. The molecule has 0 amide bonds. The van der Waals surface area contributed by atoms with E-state index in [-0.39, 0.29) is 0 Å². The molecule has 262 valence electrons. The first kappa shape index (κ1) is 48.2. The predicted molar refractivity (Wildman–Crippen MR) is 220 cm³/mol. The number of benzene rings is 1. The first-order valence-corrected chi connectivity index (χ1v) is 18.1. The van der Waals surface area contributed by atoms with Gasteiger partial charge in [-0.05, 0) is 119 Å². The quantitative estimate of drug-likeness (QED) is 0.0731. The Balaban J connectivity index is -0.000000720. The summed E-state index contributed by atoms with van der Waals surface area (Å²) >= 11 is 0. The molecule has 0 bridgehead atoms. The maximum atomic E-state index is 5.79. The number of unbranched alkanes of at least 4 members (excludes halogenated alkanes) is 1. The SMILES string of the molecule is C#CCCCC(CCC)C(/C=C\C(=C)C)=C(C)C.C#Cc1cc(C(=C)/C=C\C)ccc1CC(CCC)C(C)(C)CC.C=C(C)C.CC. The van der Waals surface area contributed by atoms with Crippen molar-refractivity contribution < 1.29 is 0 Å². The van der Waals surface area contributed by atoms with Crippen LogP contribution < -0.4 is 0 Å². The molecule has 0 aliphatic rings. The second kappa shape index (κ2) is 29.0. The van der Waals surface area contributed by atoms with Crippen LogP contribution in [0.1, 0.15) is 158 Å². The number of hydrogen-bond donors (Lipinski definition) is 0. The van der Waals surface area contributed by atoms with Crippen molar-refractivity contribution >= 4 is 5.57 Å². The number of hydrogen-bond acceptors (Lipinski definition) is 0. The molecule has 1 rings (SSSR count). The van der Waals surface area contributed by atoms with Crippen LogP contribution in [0.3, 0.4) is 0 Å². The summed E-state index contributed by atoms with van der Waals surface area (Å²) in [4.78, 5) is 0. The Morgan fingerprint density at radius 2 is 1.45 bits per heavy atom. The van der Waals surface area contributed by atoms with Crippen molar-refractivity contribution in [1.82, 2.24) is 0 Å². The van der Waals surface area contributed by atoms with Crippen LogP contribution in [0.4, 0.5) is 0 Å². The fraction of sp³-hybridized carbons (Fsp3) is 0.532. The second-order valence-corrected chi connectivity index (χ2v) is 13.5. The Kier molecular flexibility index (Phi) is 29.7. The van der Waals surface area contributed by atoms with E-state index >= 15 is 0 Å². The summed E-state index contributed by atoms with van der Waals surface area (Å²) in [7, 11) is 0. The highest BCUT2D eigenvalue weighted by Gasteiger charge is 2.27. The Labute approximate surface area is 295 Å². The Bertz CT molecular complexity index is 1200. The zero-order chi connectivity index (χ0) is 37.0. The van der Waals surface area contributed by atoms with E-state index in [1.54, 1.807) is 0 Å². The maximum Gasteiger partial charge on any atom is 0.0280 e. The van der Waals surface area contributed by atoms with E-state index in [2.05, 4.69) is 110 Å². The van der Waals surface area contributed by atoms with Gasteiger partial charge in [0.25, 0.3) is 0 Å². The van der Waals surface area contributed by atoms with E-state index in [1.807, 2.05) is 53.7 Å². The topological polar surface area (TPSA) is 0 Å². The van der Waals surface area contributed by atoms with E-state index in [0.717, 1.165) is 41.5 Å². The predicted octanol–water partition coefficient (Wildman–Crippen LogP) is 14.9. The van der Waals surface area contributed by atoms with Crippen LogP contribution in [0, 0.1) is 41.9 Å². The molecule has 0 radical (unpaired) electrons. The van der Waals surface area contributed by atoms with Gasteiger partial charge in [0.15, 0.2) is 0 Å². The van der Waals surface area contributed by atoms with Gasteiger partial charge in [-0.25, -0.2) is 0 Å². The van der Waals surface area contributed by atoms with Gasteiger partial charge in [-0.1, -0.05) is 140 Å². The minimum atomic E-state index is 0.342. The molecule has 0 heterocycles. The van der Waals surface area contributed by atoms with Gasteiger partial charge in [-0.15, -0.1) is 25.3 Å². The Morgan fingerprint density at radius 3 is 1.87 bits per heavy atom. The van der Waals surface area contributed by atoms with Crippen molar-refractivity contribution in [2.45, 2.75) is 148 Å². The van der Waals surface area contributed by atoms with Gasteiger partial charge < -0.3 is 0 Å². The minimum Gasteiger partial charge on any atom is -0.120 e. The fourth-order valence-electron chi connectivity index (χ4n) is 5.26. The van der Waals surface area contributed by atoms with Gasteiger partial charge in [0.2, 0.25) is 0 Å². The van der Waals surface area contributed by atoms with Crippen LogP contribution in [0.15, 0.2) is 84.5 Å². The van der Waals surface area contributed by atoms with Crippen LogP contribution >= 0.6 is 0 Å². The van der Waals surface area contributed by atoms with E-state index in [1.165, 1.54) is 60.8 Å². The summed E-state index contributed by atoms with van der Waals surface area (Å²) < 4.78 is 0. The summed E-state index contributed by atoms with van der Waals surface area (Å²) in [6.45, 7) is 39.5. The molecule has 2 atom stereocenters. The summed E-state index contributed by atoms with van der Waals surface area (Å²) in [6.07, 6.45) is 29.9. The summed E-state index contributed by atoms with van der Waals surface area (Å²) in [6, 6.07) is 6.47. The molecule has 2 unspecified atom stereocenters. The summed E-state index contributed by atoms with van der Waals surface area (Å²) in [5.74, 6) is 6.92. The lowest BCUT2D eigenvalue weighted by Crippen LogP contribution is -2.25. The average Bonchev–Trinajstić information content (AvgIpc) is 3.02. The molecule has 0 fully saturated rings. The number of terminal acetylenes is 2. The van der Waals surface area contributed by atoms with Crippen LogP contribution in [0.25, 0.3) is 5.57 Å². The molecule has 0 aliphatic heterocycles. The lowest BCUT2D eigenvalue weighted by atomic mass is 9.71. The van der Waals surface area contributed by atoms with Crippen LogP contribution in [0.5, 0.6) is 0 Å². The van der Waals surface area contributed by atoms with E-state index in [9.17, 15) is 0 Å². The molecule has 0 nitrogen and oxygen atoms in total. The zero-order valence-corrected chi connectivity index (χ0v) is 33.3. The van der Waals surface area contributed by atoms with Crippen molar-refractivity contribution in [3.63, 3.8) is 0 Å². The maximum absolute atomic E-state index is 5.79. The van der Waals surface area contributed by atoms with Crippen molar-refractivity contribution in [3.8, 4) is 24.7 Å². The Morgan fingerprint density at radius 1 is 0.872 bits per heavy atom.